The van der Waals surface area contributed by atoms with Crippen molar-refractivity contribution >= 4 is 17.3 Å². The highest BCUT2D eigenvalue weighted by Crippen LogP contribution is 2.32. The lowest BCUT2D eigenvalue weighted by Gasteiger charge is -2.37. The van der Waals surface area contributed by atoms with Crippen molar-refractivity contribution in [1.82, 2.24) is 0 Å². The minimum absolute atomic E-state index is 0.0249. The molecular weight excluding hydrogens is 228 g/mol. The van der Waals surface area contributed by atoms with Gasteiger partial charge in [-0.2, -0.15) is 0 Å². The predicted molar refractivity (Wildman–Crippen MR) is 75.0 cm³/mol. The summed E-state index contributed by atoms with van der Waals surface area (Å²) in [5, 5.41) is 0. The van der Waals surface area contributed by atoms with Crippen molar-refractivity contribution in [3.05, 3.63) is 23.8 Å². The number of benzene rings is 1. The van der Waals surface area contributed by atoms with Gasteiger partial charge >= 0.3 is 5.97 Å². The first-order chi connectivity index (χ1) is 8.35. The molecule has 0 saturated carbocycles. The molecule has 0 aliphatic heterocycles. The van der Waals surface area contributed by atoms with Crippen molar-refractivity contribution in [3.63, 3.8) is 0 Å². The monoisotopic (exact) mass is 250 g/mol. The number of nitrogens with two attached hydrogens (primary N) is 1. The highest BCUT2D eigenvalue weighted by molar-refractivity contribution is 5.98. The van der Waals surface area contributed by atoms with E-state index in [0.29, 0.717) is 11.3 Å². The Bertz CT molecular complexity index is 441. The van der Waals surface area contributed by atoms with Crippen LogP contribution in [0.1, 0.15) is 37.6 Å². The average molecular weight is 250 g/mol. The summed E-state index contributed by atoms with van der Waals surface area (Å²) in [5.74, 6) is -0.406. The van der Waals surface area contributed by atoms with Gasteiger partial charge in [-0.15, -0.1) is 0 Å². The Hall–Kier alpha value is -1.71. The molecule has 18 heavy (non-hydrogen) atoms. The van der Waals surface area contributed by atoms with E-state index in [1.165, 1.54) is 7.11 Å². The third-order valence-electron chi connectivity index (χ3n) is 3.62. The lowest BCUT2D eigenvalue weighted by atomic mass is 9.98. The molecule has 0 atom stereocenters. The Kier molecular flexibility index (Phi) is 4.22. The maximum absolute atomic E-state index is 11.6. The SMILES string of the molecule is CCC(C)(C)N(C)c1cccc(C(=O)OC)c1N. The Balaban J connectivity index is 3.23. The Morgan fingerprint density at radius 2 is 2.06 bits per heavy atom. The van der Waals surface area contributed by atoms with E-state index in [-0.39, 0.29) is 5.54 Å². The molecule has 0 fully saturated rings. The molecule has 0 bridgehead atoms. The largest absolute Gasteiger partial charge is 0.465 e. The second-order valence-corrected chi connectivity index (χ2v) is 4.95. The first-order valence-corrected chi connectivity index (χ1v) is 6.05. The zero-order valence-corrected chi connectivity index (χ0v) is 11.8. The molecule has 0 saturated heterocycles. The standard InChI is InChI=1S/C14H22N2O2/c1-6-14(2,3)16(4)11-9-7-8-10(12(11)15)13(17)18-5/h7-9H,6,15H2,1-5H3. The lowest BCUT2D eigenvalue weighted by Crippen LogP contribution is -2.41. The van der Waals surface area contributed by atoms with Crippen LogP contribution in [0.25, 0.3) is 0 Å². The molecule has 4 nitrogen and oxygen atoms in total. The van der Waals surface area contributed by atoms with Gasteiger partial charge in [-0.25, -0.2) is 4.79 Å². The Morgan fingerprint density at radius 1 is 1.44 bits per heavy atom. The van der Waals surface area contributed by atoms with Gasteiger partial charge in [-0.1, -0.05) is 13.0 Å². The maximum Gasteiger partial charge on any atom is 0.340 e. The van der Waals surface area contributed by atoms with Crippen LogP contribution in [0.5, 0.6) is 0 Å². The van der Waals surface area contributed by atoms with Crippen LogP contribution in [0.2, 0.25) is 0 Å². The van der Waals surface area contributed by atoms with E-state index in [2.05, 4.69) is 25.7 Å². The van der Waals surface area contributed by atoms with Gasteiger partial charge in [-0.3, -0.25) is 0 Å². The number of carbonyl (C=O) groups is 1. The van der Waals surface area contributed by atoms with Crippen LogP contribution >= 0.6 is 0 Å². The minimum Gasteiger partial charge on any atom is -0.465 e. The predicted octanol–water partition coefficient (Wildman–Crippen LogP) is 2.68. The van der Waals surface area contributed by atoms with Gasteiger partial charge in [0.1, 0.15) is 0 Å². The number of nitrogen functional groups attached to an aromatic ring is 1. The van der Waals surface area contributed by atoms with Crippen molar-refractivity contribution in [1.29, 1.82) is 0 Å². The third-order valence-corrected chi connectivity index (χ3v) is 3.62. The molecule has 0 aliphatic carbocycles. The highest BCUT2D eigenvalue weighted by Gasteiger charge is 2.24. The van der Waals surface area contributed by atoms with Crippen LogP contribution in [0.4, 0.5) is 11.4 Å². The number of ether oxygens (including phenoxy) is 1. The normalized spacial score (nSPS) is 11.2. The summed E-state index contributed by atoms with van der Waals surface area (Å²) in [4.78, 5) is 13.7. The summed E-state index contributed by atoms with van der Waals surface area (Å²) in [7, 11) is 3.34. The van der Waals surface area contributed by atoms with Crippen molar-refractivity contribution < 1.29 is 9.53 Å². The van der Waals surface area contributed by atoms with Gasteiger partial charge in [0.2, 0.25) is 0 Å². The van der Waals surface area contributed by atoms with Gasteiger partial charge in [0.15, 0.2) is 0 Å². The van der Waals surface area contributed by atoms with E-state index in [1.54, 1.807) is 6.07 Å². The molecular formula is C14H22N2O2. The number of hydrogen-bond donors (Lipinski definition) is 1. The number of rotatable bonds is 4. The molecule has 0 unspecified atom stereocenters. The number of esters is 1. The van der Waals surface area contributed by atoms with Gasteiger partial charge < -0.3 is 15.4 Å². The van der Waals surface area contributed by atoms with Gasteiger partial charge in [0, 0.05) is 12.6 Å². The molecule has 1 aromatic carbocycles. The molecule has 2 N–H and O–H groups in total. The molecule has 0 heterocycles. The second-order valence-electron chi connectivity index (χ2n) is 4.95. The van der Waals surface area contributed by atoms with Crippen LogP contribution in [-0.2, 0) is 4.74 Å². The molecule has 0 radical (unpaired) electrons. The smallest absolute Gasteiger partial charge is 0.340 e. The molecule has 100 valence electrons. The van der Waals surface area contributed by atoms with Crippen molar-refractivity contribution in [2.24, 2.45) is 0 Å². The summed E-state index contributed by atoms with van der Waals surface area (Å²) in [6, 6.07) is 5.41. The van der Waals surface area contributed by atoms with Gasteiger partial charge in [-0.05, 0) is 32.4 Å². The number of methoxy groups -OCH3 is 1. The number of para-hydroxylation sites is 1. The third kappa shape index (κ3) is 2.58. The van der Waals surface area contributed by atoms with E-state index in [4.69, 9.17) is 10.5 Å². The molecule has 4 heteroatoms. The average Bonchev–Trinajstić information content (AvgIpc) is 2.37. The summed E-state index contributed by atoms with van der Waals surface area (Å²) >= 11 is 0. The molecule has 1 rings (SSSR count). The van der Waals surface area contributed by atoms with Crippen LogP contribution in [0.15, 0.2) is 18.2 Å². The molecule has 1 aromatic rings. The fourth-order valence-corrected chi connectivity index (χ4v) is 1.70. The number of nitrogens with zero attached hydrogens (tertiary/aromatic N) is 1. The lowest BCUT2D eigenvalue weighted by molar-refractivity contribution is 0.0602. The van der Waals surface area contributed by atoms with Crippen LogP contribution in [0.3, 0.4) is 0 Å². The minimum atomic E-state index is -0.406. The van der Waals surface area contributed by atoms with Crippen LogP contribution < -0.4 is 10.6 Å². The van der Waals surface area contributed by atoms with E-state index in [9.17, 15) is 4.79 Å². The number of carbonyl (C=O) groups excluding carboxylic acids is 1. The summed E-state index contributed by atoms with van der Waals surface area (Å²) < 4.78 is 4.73. The molecule has 0 spiro atoms. The molecule has 0 aliphatic rings. The van der Waals surface area contributed by atoms with Crippen LogP contribution in [0, 0.1) is 0 Å². The van der Waals surface area contributed by atoms with E-state index < -0.39 is 5.97 Å². The van der Waals surface area contributed by atoms with Crippen LogP contribution in [-0.4, -0.2) is 25.7 Å². The van der Waals surface area contributed by atoms with E-state index in [0.717, 1.165) is 12.1 Å². The quantitative estimate of drug-likeness (QED) is 0.659. The zero-order valence-electron chi connectivity index (χ0n) is 11.8. The van der Waals surface area contributed by atoms with Crippen molar-refractivity contribution in [3.8, 4) is 0 Å². The topological polar surface area (TPSA) is 55.6 Å². The maximum atomic E-state index is 11.6. The Labute approximate surface area is 109 Å². The number of anilines is 2. The molecule has 0 amide bonds. The van der Waals surface area contributed by atoms with E-state index >= 15 is 0 Å². The van der Waals surface area contributed by atoms with E-state index in [1.807, 2.05) is 19.2 Å². The summed E-state index contributed by atoms with van der Waals surface area (Å²) in [5.41, 5.74) is 7.77. The highest BCUT2D eigenvalue weighted by atomic mass is 16.5. The van der Waals surface area contributed by atoms with Gasteiger partial charge in [0.25, 0.3) is 0 Å². The first kappa shape index (κ1) is 14.4. The van der Waals surface area contributed by atoms with Gasteiger partial charge in [0.05, 0.1) is 24.0 Å². The fraction of sp³-hybridized carbons (Fsp3) is 0.500. The number of hydrogen-bond acceptors (Lipinski definition) is 4. The van der Waals surface area contributed by atoms with Crippen molar-refractivity contribution in [2.75, 3.05) is 24.8 Å². The second kappa shape index (κ2) is 5.29. The Morgan fingerprint density at radius 3 is 2.56 bits per heavy atom. The zero-order chi connectivity index (χ0) is 13.9. The fourth-order valence-electron chi connectivity index (χ4n) is 1.70. The summed E-state index contributed by atoms with van der Waals surface area (Å²) in [6.07, 6.45) is 0.978. The first-order valence-electron chi connectivity index (χ1n) is 6.05. The summed E-state index contributed by atoms with van der Waals surface area (Å²) in [6.45, 7) is 6.39. The van der Waals surface area contributed by atoms with Crippen molar-refractivity contribution in [2.45, 2.75) is 32.7 Å². The molecule has 0 aromatic heterocycles.